The van der Waals surface area contributed by atoms with E-state index in [-0.39, 0.29) is 5.56 Å². The maximum atomic E-state index is 13.5. The molecule has 2 rings (SSSR count). The maximum Gasteiger partial charge on any atom is 0.145 e. The van der Waals surface area contributed by atoms with Crippen LogP contribution in [0, 0.1) is 46.6 Å². The van der Waals surface area contributed by atoms with Gasteiger partial charge in [-0.15, -0.1) is 0 Å². The first-order valence-electron chi connectivity index (χ1n) is 8.21. The van der Waals surface area contributed by atoms with Crippen LogP contribution in [0.2, 0.25) is 0 Å². The standard InChI is InChI=1S/C20H21F2N/c1-2-5-15-8-10-16(11-9-15)6-3-4-7-17-12-19(21)18(14-23)20(22)13-17/h3,6,12-13,15-16H,2,5,8-11H2,1H3/b6-3+. The van der Waals surface area contributed by atoms with E-state index >= 15 is 0 Å². The molecule has 1 aliphatic rings. The number of benzene rings is 1. The van der Waals surface area contributed by atoms with Gasteiger partial charge in [0.2, 0.25) is 0 Å². The summed E-state index contributed by atoms with van der Waals surface area (Å²) in [7, 11) is 0. The van der Waals surface area contributed by atoms with Crippen molar-refractivity contribution in [2.24, 2.45) is 11.8 Å². The van der Waals surface area contributed by atoms with E-state index in [1.807, 2.05) is 0 Å². The first-order chi connectivity index (χ1) is 11.1. The molecule has 0 bridgehead atoms. The summed E-state index contributed by atoms with van der Waals surface area (Å²) in [5.41, 5.74) is -0.315. The molecule has 3 heteroatoms. The molecule has 0 aromatic heterocycles. The Hall–Kier alpha value is -2.13. The summed E-state index contributed by atoms with van der Waals surface area (Å²) in [5.74, 6) is 5.26. The second kappa shape index (κ2) is 8.49. The summed E-state index contributed by atoms with van der Waals surface area (Å²) >= 11 is 0. The van der Waals surface area contributed by atoms with Crippen LogP contribution >= 0.6 is 0 Å². The third kappa shape index (κ3) is 4.93. The van der Waals surface area contributed by atoms with Gasteiger partial charge in [0.05, 0.1) is 0 Å². The van der Waals surface area contributed by atoms with Crippen molar-refractivity contribution in [3.8, 4) is 17.9 Å². The van der Waals surface area contributed by atoms with Gasteiger partial charge in [0, 0.05) is 5.56 Å². The van der Waals surface area contributed by atoms with Crippen molar-refractivity contribution in [1.29, 1.82) is 5.26 Å². The molecule has 1 aliphatic carbocycles. The Morgan fingerprint density at radius 2 is 1.83 bits per heavy atom. The first kappa shape index (κ1) is 17.2. The Kier molecular flexibility index (Phi) is 6.36. The highest BCUT2D eigenvalue weighted by molar-refractivity contribution is 5.43. The lowest BCUT2D eigenvalue weighted by molar-refractivity contribution is 0.294. The zero-order valence-corrected chi connectivity index (χ0v) is 13.4. The molecule has 0 saturated heterocycles. The summed E-state index contributed by atoms with van der Waals surface area (Å²) in [6.45, 7) is 2.23. The number of hydrogen-bond donors (Lipinski definition) is 0. The summed E-state index contributed by atoms with van der Waals surface area (Å²) in [5, 5.41) is 8.62. The van der Waals surface area contributed by atoms with E-state index in [1.54, 1.807) is 6.08 Å². The molecule has 0 heterocycles. The molecule has 1 fully saturated rings. The lowest BCUT2D eigenvalue weighted by Crippen LogP contribution is -2.12. The first-order valence-corrected chi connectivity index (χ1v) is 8.21. The monoisotopic (exact) mass is 313 g/mol. The van der Waals surface area contributed by atoms with E-state index < -0.39 is 17.2 Å². The Morgan fingerprint density at radius 1 is 1.17 bits per heavy atom. The van der Waals surface area contributed by atoms with E-state index in [0.29, 0.717) is 5.92 Å². The predicted octanol–water partition coefficient (Wildman–Crippen LogP) is 5.35. The normalized spacial score (nSPS) is 20.8. The number of rotatable bonds is 3. The van der Waals surface area contributed by atoms with Crippen LogP contribution in [0.4, 0.5) is 8.78 Å². The summed E-state index contributed by atoms with van der Waals surface area (Å²) in [6.07, 6.45) is 11.4. The van der Waals surface area contributed by atoms with Crippen LogP contribution < -0.4 is 0 Å². The molecule has 1 saturated carbocycles. The molecule has 0 N–H and O–H groups in total. The largest absolute Gasteiger partial charge is 0.205 e. The maximum absolute atomic E-state index is 13.5. The molecular weight excluding hydrogens is 292 g/mol. The number of hydrogen-bond acceptors (Lipinski definition) is 1. The molecule has 0 unspecified atom stereocenters. The fourth-order valence-corrected chi connectivity index (χ4v) is 3.14. The Bertz CT molecular complexity index is 642. The van der Waals surface area contributed by atoms with Crippen molar-refractivity contribution >= 4 is 0 Å². The van der Waals surface area contributed by atoms with Gasteiger partial charge in [0.25, 0.3) is 0 Å². The SMILES string of the molecule is CCCC1CCC(/C=C/C#Cc2cc(F)c(C#N)c(F)c2)CC1. The third-order valence-corrected chi connectivity index (χ3v) is 4.41. The smallest absolute Gasteiger partial charge is 0.145 e. The molecule has 0 amide bonds. The molecule has 120 valence electrons. The summed E-state index contributed by atoms with van der Waals surface area (Å²) < 4.78 is 26.9. The van der Waals surface area contributed by atoms with E-state index in [0.717, 1.165) is 18.1 Å². The van der Waals surface area contributed by atoms with Gasteiger partial charge in [-0.3, -0.25) is 0 Å². The minimum absolute atomic E-state index is 0.246. The topological polar surface area (TPSA) is 23.8 Å². The van der Waals surface area contributed by atoms with Crippen LogP contribution in [0.15, 0.2) is 24.3 Å². The van der Waals surface area contributed by atoms with Crippen LogP contribution in [-0.2, 0) is 0 Å². The van der Waals surface area contributed by atoms with Gasteiger partial charge in [-0.1, -0.05) is 37.7 Å². The number of allylic oxidation sites excluding steroid dienone is 2. The lowest BCUT2D eigenvalue weighted by atomic mass is 9.80. The van der Waals surface area contributed by atoms with E-state index in [9.17, 15) is 8.78 Å². The minimum Gasteiger partial charge on any atom is -0.205 e. The van der Waals surface area contributed by atoms with Crippen molar-refractivity contribution in [1.82, 2.24) is 0 Å². The molecule has 1 aromatic carbocycles. The predicted molar refractivity (Wildman–Crippen MR) is 87.4 cm³/mol. The van der Waals surface area contributed by atoms with Gasteiger partial charge in [-0.05, 0) is 55.7 Å². The van der Waals surface area contributed by atoms with Gasteiger partial charge in [0.15, 0.2) is 0 Å². The zero-order chi connectivity index (χ0) is 16.7. The zero-order valence-electron chi connectivity index (χ0n) is 13.4. The molecule has 0 spiro atoms. The fraction of sp³-hybridized carbons (Fsp3) is 0.450. The molecule has 1 nitrogen and oxygen atoms in total. The quantitative estimate of drug-likeness (QED) is 0.690. The van der Waals surface area contributed by atoms with Crippen LogP contribution in [0.25, 0.3) is 0 Å². The molecule has 1 aromatic rings. The number of nitriles is 1. The highest BCUT2D eigenvalue weighted by Gasteiger charge is 2.18. The summed E-state index contributed by atoms with van der Waals surface area (Å²) in [6, 6.07) is 3.69. The number of halogens is 2. The average Bonchev–Trinajstić information content (AvgIpc) is 2.53. The fourth-order valence-electron chi connectivity index (χ4n) is 3.14. The molecule has 0 atom stereocenters. The summed E-state index contributed by atoms with van der Waals surface area (Å²) in [4.78, 5) is 0. The van der Waals surface area contributed by atoms with Crippen molar-refractivity contribution in [2.45, 2.75) is 45.4 Å². The molecule has 0 aliphatic heterocycles. The molecule has 0 radical (unpaired) electrons. The van der Waals surface area contributed by atoms with Gasteiger partial charge in [-0.25, -0.2) is 8.78 Å². The Morgan fingerprint density at radius 3 is 2.39 bits per heavy atom. The molecule has 23 heavy (non-hydrogen) atoms. The van der Waals surface area contributed by atoms with Crippen LogP contribution in [0.3, 0.4) is 0 Å². The van der Waals surface area contributed by atoms with Crippen molar-refractivity contribution in [3.63, 3.8) is 0 Å². The van der Waals surface area contributed by atoms with E-state index in [2.05, 4.69) is 24.8 Å². The third-order valence-electron chi connectivity index (χ3n) is 4.41. The number of nitrogens with zero attached hydrogens (tertiary/aromatic N) is 1. The van der Waals surface area contributed by atoms with E-state index in [1.165, 1.54) is 44.6 Å². The average molecular weight is 313 g/mol. The van der Waals surface area contributed by atoms with Crippen LogP contribution in [0.5, 0.6) is 0 Å². The highest BCUT2D eigenvalue weighted by Crippen LogP contribution is 2.32. The van der Waals surface area contributed by atoms with Crippen molar-refractivity contribution < 1.29 is 8.78 Å². The Labute approximate surface area is 137 Å². The Balaban J connectivity index is 1.92. The second-order valence-corrected chi connectivity index (χ2v) is 6.12. The van der Waals surface area contributed by atoms with Crippen molar-refractivity contribution in [3.05, 3.63) is 47.0 Å². The highest BCUT2D eigenvalue weighted by atomic mass is 19.1. The van der Waals surface area contributed by atoms with Crippen LogP contribution in [-0.4, -0.2) is 0 Å². The van der Waals surface area contributed by atoms with Crippen molar-refractivity contribution in [2.75, 3.05) is 0 Å². The van der Waals surface area contributed by atoms with Crippen LogP contribution in [0.1, 0.15) is 56.6 Å². The molecular formula is C20H21F2N. The van der Waals surface area contributed by atoms with Gasteiger partial charge in [0.1, 0.15) is 23.3 Å². The lowest BCUT2D eigenvalue weighted by Gasteiger charge is -2.26. The second-order valence-electron chi connectivity index (χ2n) is 6.12. The van der Waals surface area contributed by atoms with E-state index in [4.69, 9.17) is 5.26 Å². The minimum atomic E-state index is -0.866. The van der Waals surface area contributed by atoms with Gasteiger partial charge >= 0.3 is 0 Å². The van der Waals surface area contributed by atoms with Gasteiger partial charge < -0.3 is 0 Å². The van der Waals surface area contributed by atoms with Gasteiger partial charge in [-0.2, -0.15) is 5.26 Å².